The molecule has 1 atom stereocenters. The van der Waals surface area contributed by atoms with Gasteiger partial charge < -0.3 is 11.1 Å². The second kappa shape index (κ2) is 5.00. The minimum absolute atomic E-state index is 0. The van der Waals surface area contributed by atoms with Crippen LogP contribution >= 0.6 is 12.4 Å². The summed E-state index contributed by atoms with van der Waals surface area (Å²) in [4.78, 5) is 0. The highest BCUT2D eigenvalue weighted by molar-refractivity contribution is 5.85. The molecule has 2 nitrogen and oxygen atoms in total. The number of nitrogens with one attached hydrogen (secondary N) is 1. The Morgan fingerprint density at radius 3 is 2.42 bits per heavy atom. The lowest BCUT2D eigenvalue weighted by atomic mass is 9.75. The van der Waals surface area contributed by atoms with E-state index in [1.165, 1.54) is 0 Å². The van der Waals surface area contributed by atoms with Crippen LogP contribution in [0.1, 0.15) is 19.8 Å². The highest BCUT2D eigenvalue weighted by Gasteiger charge is 2.32. The van der Waals surface area contributed by atoms with Crippen molar-refractivity contribution in [3.05, 3.63) is 0 Å². The van der Waals surface area contributed by atoms with Crippen LogP contribution in [0.2, 0.25) is 0 Å². The van der Waals surface area contributed by atoms with E-state index in [0.29, 0.717) is 0 Å². The molecule has 1 rings (SSSR count). The monoisotopic (exact) mass is 196 g/mol. The molecule has 0 spiro atoms. The Labute approximate surface area is 79.5 Å². The number of piperidine rings is 1. The molecule has 12 heavy (non-hydrogen) atoms. The molecule has 1 aliphatic heterocycles. The van der Waals surface area contributed by atoms with E-state index in [0.717, 1.165) is 25.9 Å². The van der Waals surface area contributed by atoms with Crippen LogP contribution in [-0.2, 0) is 0 Å². The van der Waals surface area contributed by atoms with Crippen molar-refractivity contribution in [2.45, 2.75) is 25.8 Å². The van der Waals surface area contributed by atoms with Gasteiger partial charge in [0.15, 0.2) is 0 Å². The average Bonchev–Trinajstić information content (AvgIpc) is 2.04. The maximum absolute atomic E-state index is 12.3. The van der Waals surface area contributed by atoms with Gasteiger partial charge in [0.25, 0.3) is 0 Å². The lowest BCUT2D eigenvalue weighted by molar-refractivity contribution is 0.158. The Balaban J connectivity index is 0.00000121. The summed E-state index contributed by atoms with van der Waals surface area (Å²) in [5.74, 6) is 0. The molecule has 0 aromatic carbocycles. The number of rotatable bonds is 2. The van der Waals surface area contributed by atoms with Crippen LogP contribution < -0.4 is 11.1 Å². The summed E-state index contributed by atoms with van der Waals surface area (Å²) in [6, 6.07) is -0.274. The molecular weight excluding hydrogens is 179 g/mol. The molecule has 1 heterocycles. The molecule has 4 heteroatoms. The van der Waals surface area contributed by atoms with Crippen molar-refractivity contribution < 1.29 is 4.39 Å². The van der Waals surface area contributed by atoms with Gasteiger partial charge in [-0.3, -0.25) is 0 Å². The van der Waals surface area contributed by atoms with Gasteiger partial charge in [-0.1, -0.05) is 6.92 Å². The first-order valence-electron chi connectivity index (χ1n) is 4.21. The van der Waals surface area contributed by atoms with Gasteiger partial charge in [-0.2, -0.15) is 0 Å². The van der Waals surface area contributed by atoms with Crippen molar-refractivity contribution in [1.82, 2.24) is 5.32 Å². The Hall–Kier alpha value is 0.140. The Morgan fingerprint density at radius 1 is 1.50 bits per heavy atom. The second-order valence-electron chi connectivity index (χ2n) is 3.66. The van der Waals surface area contributed by atoms with Gasteiger partial charge in [0.2, 0.25) is 0 Å². The van der Waals surface area contributed by atoms with Crippen molar-refractivity contribution in [3.8, 4) is 0 Å². The van der Waals surface area contributed by atoms with Gasteiger partial charge >= 0.3 is 0 Å². The van der Waals surface area contributed by atoms with Crippen LogP contribution in [0.4, 0.5) is 4.39 Å². The number of alkyl halides is 1. The van der Waals surface area contributed by atoms with Gasteiger partial charge in [0, 0.05) is 6.04 Å². The van der Waals surface area contributed by atoms with Crippen molar-refractivity contribution in [3.63, 3.8) is 0 Å². The fraction of sp³-hybridized carbons (Fsp3) is 1.00. The minimum atomic E-state index is -0.392. The normalized spacial score (nSPS) is 24.2. The van der Waals surface area contributed by atoms with Crippen molar-refractivity contribution in [2.75, 3.05) is 19.8 Å². The number of nitrogens with two attached hydrogens (primary N) is 1. The molecule has 0 aromatic heterocycles. The predicted octanol–water partition coefficient (Wildman–Crippen LogP) is 1.09. The van der Waals surface area contributed by atoms with Crippen molar-refractivity contribution in [2.24, 2.45) is 11.1 Å². The summed E-state index contributed by atoms with van der Waals surface area (Å²) >= 11 is 0. The largest absolute Gasteiger partial charge is 0.325 e. The summed E-state index contributed by atoms with van der Waals surface area (Å²) in [5.41, 5.74) is 5.71. The lowest BCUT2D eigenvalue weighted by Gasteiger charge is -2.37. The standard InChI is InChI=1S/C8H17FN2.ClH/c1-8(7(10)6-9)2-4-11-5-3-8;/h7,11H,2-6,10H2,1H3;1H. The minimum Gasteiger partial charge on any atom is -0.325 e. The molecule has 74 valence electrons. The van der Waals surface area contributed by atoms with Crippen LogP contribution in [0.5, 0.6) is 0 Å². The predicted molar refractivity (Wildman–Crippen MR) is 51.4 cm³/mol. The zero-order valence-electron chi connectivity index (χ0n) is 7.48. The zero-order chi connectivity index (χ0) is 8.32. The van der Waals surface area contributed by atoms with Crippen molar-refractivity contribution >= 4 is 12.4 Å². The Bertz CT molecular complexity index is 126. The molecule has 0 radical (unpaired) electrons. The third-order valence-corrected chi connectivity index (χ3v) is 2.81. The van der Waals surface area contributed by atoms with Crippen LogP contribution in [0.25, 0.3) is 0 Å². The van der Waals surface area contributed by atoms with Crippen LogP contribution in [0.15, 0.2) is 0 Å². The van der Waals surface area contributed by atoms with Crippen LogP contribution in [0.3, 0.4) is 0 Å². The van der Waals surface area contributed by atoms with Crippen molar-refractivity contribution in [1.29, 1.82) is 0 Å². The summed E-state index contributed by atoms with van der Waals surface area (Å²) in [7, 11) is 0. The highest BCUT2D eigenvalue weighted by Crippen LogP contribution is 2.30. The molecule has 0 amide bonds. The first-order valence-corrected chi connectivity index (χ1v) is 4.21. The first-order chi connectivity index (χ1) is 5.19. The van der Waals surface area contributed by atoms with E-state index in [1.54, 1.807) is 0 Å². The van der Waals surface area contributed by atoms with E-state index in [4.69, 9.17) is 5.73 Å². The number of hydrogen-bond donors (Lipinski definition) is 2. The Kier molecular flexibility index (Phi) is 5.06. The molecule has 0 saturated carbocycles. The third kappa shape index (κ3) is 2.57. The van der Waals surface area contributed by atoms with E-state index >= 15 is 0 Å². The zero-order valence-corrected chi connectivity index (χ0v) is 8.29. The molecule has 0 aromatic rings. The molecule has 0 bridgehead atoms. The molecule has 1 fully saturated rings. The smallest absolute Gasteiger partial charge is 0.105 e. The second-order valence-corrected chi connectivity index (χ2v) is 3.66. The maximum atomic E-state index is 12.3. The maximum Gasteiger partial charge on any atom is 0.105 e. The van der Waals surface area contributed by atoms with Crippen LogP contribution in [-0.4, -0.2) is 25.8 Å². The average molecular weight is 197 g/mol. The van der Waals surface area contributed by atoms with Crippen LogP contribution in [0, 0.1) is 5.41 Å². The van der Waals surface area contributed by atoms with E-state index in [2.05, 4.69) is 12.2 Å². The molecule has 0 aliphatic carbocycles. The van der Waals surface area contributed by atoms with E-state index in [9.17, 15) is 4.39 Å². The van der Waals surface area contributed by atoms with E-state index in [1.807, 2.05) is 0 Å². The summed E-state index contributed by atoms with van der Waals surface area (Å²) < 4.78 is 12.3. The third-order valence-electron chi connectivity index (χ3n) is 2.81. The fourth-order valence-electron chi connectivity index (χ4n) is 1.55. The van der Waals surface area contributed by atoms with Gasteiger partial charge in [0.1, 0.15) is 6.67 Å². The van der Waals surface area contributed by atoms with E-state index < -0.39 is 6.67 Å². The molecule has 1 unspecified atom stereocenters. The highest BCUT2D eigenvalue weighted by atomic mass is 35.5. The summed E-state index contributed by atoms with van der Waals surface area (Å²) in [5, 5.41) is 3.24. The molecule has 3 N–H and O–H groups in total. The quantitative estimate of drug-likeness (QED) is 0.694. The Morgan fingerprint density at radius 2 is 2.00 bits per heavy atom. The van der Waals surface area contributed by atoms with Gasteiger partial charge in [0.05, 0.1) is 0 Å². The number of hydrogen-bond acceptors (Lipinski definition) is 2. The summed E-state index contributed by atoms with van der Waals surface area (Å²) in [6.07, 6.45) is 2.00. The van der Waals surface area contributed by atoms with E-state index in [-0.39, 0.29) is 23.9 Å². The first kappa shape index (κ1) is 12.1. The molecule has 1 aliphatic rings. The number of halogens is 2. The van der Waals surface area contributed by atoms with Gasteiger partial charge in [-0.25, -0.2) is 4.39 Å². The topological polar surface area (TPSA) is 38.0 Å². The van der Waals surface area contributed by atoms with Gasteiger partial charge in [-0.05, 0) is 31.3 Å². The SMILES string of the molecule is CC1(C(N)CF)CCNCC1.Cl. The molecular formula is C8H18ClFN2. The van der Waals surface area contributed by atoms with Gasteiger partial charge in [-0.15, -0.1) is 12.4 Å². The fourth-order valence-corrected chi connectivity index (χ4v) is 1.55. The lowest BCUT2D eigenvalue weighted by Crippen LogP contribution is -2.47. The summed E-state index contributed by atoms with van der Waals surface area (Å²) in [6.45, 7) is 3.64. The molecule has 1 saturated heterocycles.